The van der Waals surface area contributed by atoms with Crippen molar-refractivity contribution in [3.05, 3.63) is 29.8 Å². The van der Waals surface area contributed by atoms with Crippen molar-refractivity contribution in [1.29, 1.82) is 0 Å². The molecule has 1 heterocycles. The van der Waals surface area contributed by atoms with Crippen molar-refractivity contribution in [2.45, 2.75) is 19.8 Å². The number of carbonyl (C=O) groups excluding carboxylic acids is 2. The number of carbonyl (C=O) groups is 2. The zero-order valence-electron chi connectivity index (χ0n) is 10.6. The van der Waals surface area contributed by atoms with Crippen molar-refractivity contribution in [1.82, 2.24) is 10.3 Å². The number of amides is 3. The van der Waals surface area contributed by atoms with Crippen LogP contribution in [0.3, 0.4) is 0 Å². The second-order valence-corrected chi connectivity index (χ2v) is 4.38. The SMILES string of the molecule is CCCc1cccc(N2CC(=O)N(C)C(=O)N2)c1. The molecule has 0 aromatic heterocycles. The van der Waals surface area contributed by atoms with Crippen LogP contribution in [0.5, 0.6) is 0 Å². The van der Waals surface area contributed by atoms with Crippen molar-refractivity contribution < 1.29 is 9.59 Å². The Morgan fingerprint density at radius 2 is 2.11 bits per heavy atom. The first-order valence-corrected chi connectivity index (χ1v) is 6.05. The van der Waals surface area contributed by atoms with Gasteiger partial charge < -0.3 is 0 Å². The molecule has 0 atom stereocenters. The van der Waals surface area contributed by atoms with E-state index in [9.17, 15) is 9.59 Å². The standard InChI is InChI=1S/C13H17N3O2/c1-3-5-10-6-4-7-11(8-10)16-9-12(17)15(2)13(18)14-16/h4,6-8H,3,5,9H2,1-2H3,(H,14,18). The molecule has 0 aliphatic carbocycles. The van der Waals surface area contributed by atoms with Crippen LogP contribution < -0.4 is 10.4 Å². The number of rotatable bonds is 3. The molecule has 5 heteroatoms. The molecule has 2 rings (SSSR count). The molecule has 1 fully saturated rings. The van der Waals surface area contributed by atoms with Gasteiger partial charge in [0.25, 0.3) is 5.91 Å². The largest absolute Gasteiger partial charge is 0.342 e. The summed E-state index contributed by atoms with van der Waals surface area (Å²) in [5.41, 5.74) is 4.73. The number of imide groups is 1. The maximum Gasteiger partial charge on any atom is 0.342 e. The van der Waals surface area contributed by atoms with Crippen LogP contribution in [0.15, 0.2) is 24.3 Å². The van der Waals surface area contributed by atoms with E-state index in [1.165, 1.54) is 12.6 Å². The Labute approximate surface area is 106 Å². The predicted molar refractivity (Wildman–Crippen MR) is 69.1 cm³/mol. The van der Waals surface area contributed by atoms with Crippen LogP contribution in [-0.2, 0) is 11.2 Å². The van der Waals surface area contributed by atoms with Crippen molar-refractivity contribution in [3.8, 4) is 0 Å². The molecule has 1 aromatic carbocycles. The van der Waals surface area contributed by atoms with E-state index in [-0.39, 0.29) is 12.5 Å². The van der Waals surface area contributed by atoms with Crippen molar-refractivity contribution in [2.24, 2.45) is 0 Å². The number of hydrazine groups is 1. The first kappa shape index (κ1) is 12.4. The lowest BCUT2D eigenvalue weighted by molar-refractivity contribution is -0.126. The monoisotopic (exact) mass is 247 g/mol. The normalized spacial score (nSPS) is 15.9. The Kier molecular flexibility index (Phi) is 3.50. The lowest BCUT2D eigenvalue weighted by atomic mass is 10.1. The number of hydrogen-bond acceptors (Lipinski definition) is 3. The quantitative estimate of drug-likeness (QED) is 0.881. The zero-order chi connectivity index (χ0) is 13.1. The lowest BCUT2D eigenvalue weighted by Crippen LogP contribution is -2.59. The molecule has 1 aliphatic rings. The molecule has 1 aliphatic heterocycles. The first-order valence-electron chi connectivity index (χ1n) is 6.05. The summed E-state index contributed by atoms with van der Waals surface area (Å²) >= 11 is 0. The van der Waals surface area contributed by atoms with Crippen LogP contribution in [0.1, 0.15) is 18.9 Å². The molecule has 1 saturated heterocycles. The number of urea groups is 1. The highest BCUT2D eigenvalue weighted by Gasteiger charge is 2.27. The van der Waals surface area contributed by atoms with Crippen LogP contribution >= 0.6 is 0 Å². The second-order valence-electron chi connectivity index (χ2n) is 4.38. The smallest absolute Gasteiger partial charge is 0.275 e. The number of aryl methyl sites for hydroxylation is 1. The topological polar surface area (TPSA) is 52.7 Å². The van der Waals surface area contributed by atoms with Gasteiger partial charge in [0.15, 0.2) is 0 Å². The highest BCUT2D eigenvalue weighted by atomic mass is 16.2. The third-order valence-corrected chi connectivity index (χ3v) is 2.96. The molecule has 0 bridgehead atoms. The molecule has 18 heavy (non-hydrogen) atoms. The minimum Gasteiger partial charge on any atom is -0.275 e. The molecule has 1 N–H and O–H groups in total. The second kappa shape index (κ2) is 5.08. The molecule has 0 radical (unpaired) electrons. The van der Waals surface area contributed by atoms with Gasteiger partial charge in [-0.15, -0.1) is 0 Å². The van der Waals surface area contributed by atoms with Crippen LogP contribution in [0.4, 0.5) is 10.5 Å². The van der Waals surface area contributed by atoms with Crippen molar-refractivity contribution >= 4 is 17.6 Å². The molecular weight excluding hydrogens is 230 g/mol. The van der Waals surface area contributed by atoms with E-state index in [2.05, 4.69) is 12.3 Å². The van der Waals surface area contributed by atoms with E-state index >= 15 is 0 Å². The van der Waals surface area contributed by atoms with Crippen LogP contribution in [0.2, 0.25) is 0 Å². The molecule has 0 spiro atoms. The van der Waals surface area contributed by atoms with E-state index in [1.54, 1.807) is 5.01 Å². The fourth-order valence-electron chi connectivity index (χ4n) is 1.91. The Morgan fingerprint density at radius 3 is 2.78 bits per heavy atom. The molecule has 5 nitrogen and oxygen atoms in total. The molecule has 3 amide bonds. The highest BCUT2D eigenvalue weighted by Crippen LogP contribution is 2.17. The molecule has 96 valence electrons. The van der Waals surface area contributed by atoms with Gasteiger partial charge in [-0.3, -0.25) is 14.7 Å². The minimum absolute atomic E-state index is 0.165. The summed E-state index contributed by atoms with van der Waals surface area (Å²) < 4.78 is 0. The van der Waals surface area contributed by atoms with Gasteiger partial charge in [-0.05, 0) is 24.1 Å². The van der Waals surface area contributed by atoms with E-state index < -0.39 is 6.03 Å². The van der Waals surface area contributed by atoms with Crippen molar-refractivity contribution in [3.63, 3.8) is 0 Å². The number of nitrogens with one attached hydrogen (secondary N) is 1. The third kappa shape index (κ3) is 2.45. The van der Waals surface area contributed by atoms with Crippen LogP contribution in [0, 0.1) is 0 Å². The molecule has 0 unspecified atom stereocenters. The molecule has 0 saturated carbocycles. The van der Waals surface area contributed by atoms with E-state index in [4.69, 9.17) is 0 Å². The van der Waals surface area contributed by atoms with Gasteiger partial charge in [0.2, 0.25) is 0 Å². The van der Waals surface area contributed by atoms with Gasteiger partial charge in [-0.2, -0.15) is 0 Å². The molecular formula is C13H17N3O2. The number of nitrogens with zero attached hydrogens (tertiary/aromatic N) is 2. The van der Waals surface area contributed by atoms with Gasteiger partial charge in [0, 0.05) is 7.05 Å². The highest BCUT2D eigenvalue weighted by molar-refractivity contribution is 5.99. The van der Waals surface area contributed by atoms with Gasteiger partial charge in [-0.1, -0.05) is 25.5 Å². The van der Waals surface area contributed by atoms with E-state index in [1.807, 2.05) is 24.3 Å². The summed E-state index contributed by atoms with van der Waals surface area (Å²) in [4.78, 5) is 24.3. The predicted octanol–water partition coefficient (Wildman–Crippen LogP) is 1.54. The summed E-state index contributed by atoms with van der Waals surface area (Å²) in [7, 11) is 1.47. The average Bonchev–Trinajstić information content (AvgIpc) is 2.36. The number of likely N-dealkylation sites (N-methyl/N-ethyl adjacent to an activating group) is 1. The average molecular weight is 247 g/mol. The summed E-state index contributed by atoms with van der Waals surface area (Å²) in [5.74, 6) is -0.209. The van der Waals surface area contributed by atoms with Gasteiger partial charge >= 0.3 is 6.03 Å². The van der Waals surface area contributed by atoms with Crippen molar-refractivity contribution in [2.75, 3.05) is 18.6 Å². The Hall–Kier alpha value is -2.04. The van der Waals surface area contributed by atoms with Gasteiger partial charge in [-0.25, -0.2) is 10.2 Å². The number of benzene rings is 1. The Bertz CT molecular complexity index is 455. The summed E-state index contributed by atoms with van der Waals surface area (Å²) in [5, 5.41) is 1.59. The first-order chi connectivity index (χ1) is 8.61. The molecule has 1 aromatic rings. The summed E-state index contributed by atoms with van der Waals surface area (Å²) in [6.07, 6.45) is 2.06. The lowest BCUT2D eigenvalue weighted by Gasteiger charge is -2.33. The van der Waals surface area contributed by atoms with E-state index in [0.717, 1.165) is 23.4 Å². The van der Waals surface area contributed by atoms with Gasteiger partial charge in [0.05, 0.1) is 5.69 Å². The summed E-state index contributed by atoms with van der Waals surface area (Å²) in [6, 6.07) is 7.48. The fourth-order valence-corrected chi connectivity index (χ4v) is 1.91. The Morgan fingerprint density at radius 1 is 1.33 bits per heavy atom. The maximum atomic E-state index is 11.6. The third-order valence-electron chi connectivity index (χ3n) is 2.96. The van der Waals surface area contributed by atoms with Gasteiger partial charge in [0.1, 0.15) is 6.54 Å². The number of hydrogen-bond donors (Lipinski definition) is 1. The van der Waals surface area contributed by atoms with Crippen LogP contribution in [0.25, 0.3) is 0 Å². The summed E-state index contributed by atoms with van der Waals surface area (Å²) in [6.45, 7) is 2.28. The maximum absolute atomic E-state index is 11.6. The minimum atomic E-state index is -0.396. The number of anilines is 1. The fraction of sp³-hybridized carbons (Fsp3) is 0.385. The Balaban J connectivity index is 2.19. The van der Waals surface area contributed by atoms with E-state index in [0.29, 0.717) is 0 Å². The zero-order valence-corrected chi connectivity index (χ0v) is 10.6. The van der Waals surface area contributed by atoms with Crippen LogP contribution in [-0.4, -0.2) is 30.4 Å².